The number of aromatic nitrogens is 4. The molecular formula is C25H29ClF3N7O3. The molecule has 0 spiro atoms. The second kappa shape index (κ2) is 11.5. The van der Waals surface area contributed by atoms with Crippen LogP contribution in [0.15, 0.2) is 29.0 Å². The molecule has 0 unspecified atom stereocenters. The molecule has 39 heavy (non-hydrogen) atoms. The Hall–Kier alpha value is -3.16. The van der Waals surface area contributed by atoms with Gasteiger partial charge in [-0.25, -0.2) is 28.0 Å². The zero-order chi connectivity index (χ0) is 27.7. The number of hydrogen-bond acceptors (Lipinski definition) is 10. The second-order valence-corrected chi connectivity index (χ2v) is 10.2. The van der Waals surface area contributed by atoms with Crippen molar-refractivity contribution in [2.75, 3.05) is 36.0 Å². The van der Waals surface area contributed by atoms with E-state index < -0.39 is 35.5 Å². The predicted octanol–water partition coefficient (Wildman–Crippen LogP) is 3.73. The van der Waals surface area contributed by atoms with Gasteiger partial charge in [0, 0.05) is 44.2 Å². The topological polar surface area (TPSA) is 113 Å². The maximum absolute atomic E-state index is 14.4. The summed E-state index contributed by atoms with van der Waals surface area (Å²) in [6.45, 7) is 5.65. The van der Waals surface area contributed by atoms with Crippen molar-refractivity contribution >= 4 is 23.7 Å². The fourth-order valence-corrected chi connectivity index (χ4v) is 5.37. The van der Waals surface area contributed by atoms with Crippen LogP contribution in [0, 0.1) is 23.4 Å². The van der Waals surface area contributed by atoms with Crippen molar-refractivity contribution in [2.24, 2.45) is 5.92 Å². The van der Waals surface area contributed by atoms with E-state index in [4.69, 9.17) is 21.0 Å². The first-order valence-electron chi connectivity index (χ1n) is 12.7. The minimum absolute atomic E-state index is 0.0388. The maximum Gasteiger partial charge on any atom is 0.324 e. The van der Waals surface area contributed by atoms with E-state index in [0.717, 1.165) is 32.0 Å². The average molecular weight is 568 g/mol. The number of anilines is 2. The molecule has 1 aromatic carbocycles. The van der Waals surface area contributed by atoms with Crippen LogP contribution >= 0.6 is 11.8 Å². The van der Waals surface area contributed by atoms with Gasteiger partial charge in [0.15, 0.2) is 17.4 Å². The third-order valence-corrected chi connectivity index (χ3v) is 7.68. The van der Waals surface area contributed by atoms with Gasteiger partial charge in [0.1, 0.15) is 11.9 Å². The van der Waals surface area contributed by atoms with E-state index in [1.807, 2.05) is 11.8 Å². The first kappa shape index (κ1) is 27.4. The van der Waals surface area contributed by atoms with E-state index in [9.17, 15) is 18.3 Å². The van der Waals surface area contributed by atoms with Gasteiger partial charge < -0.3 is 24.2 Å². The number of aliphatic hydroxyl groups is 1. The standard InChI is InChI=1S/C25H29ClF3N7O3/c1-13(37)23-32-25(39-34-23)35-5-3-15(4-6-35)14(2)38-16-9-30-24(31-10-16)36-11-18(22(12-36)33-26)17-7-20(28)21(29)8-19(17)27/h7-10,13-15,18,22,33,37H,3-6,11-12H2,1-2H3/t13-,14+,18-,22+/m1/s1. The molecule has 0 aliphatic carbocycles. The summed E-state index contributed by atoms with van der Waals surface area (Å²) in [6.07, 6.45) is 4.01. The van der Waals surface area contributed by atoms with Crippen LogP contribution < -0.4 is 19.4 Å². The van der Waals surface area contributed by atoms with Crippen molar-refractivity contribution in [2.45, 2.75) is 50.9 Å². The fourth-order valence-electron chi connectivity index (χ4n) is 5.14. The zero-order valence-corrected chi connectivity index (χ0v) is 22.2. The van der Waals surface area contributed by atoms with E-state index in [1.165, 1.54) is 0 Å². The van der Waals surface area contributed by atoms with Crippen molar-refractivity contribution < 1.29 is 27.5 Å². The van der Waals surface area contributed by atoms with Crippen LogP contribution in [0.1, 0.15) is 50.1 Å². The summed E-state index contributed by atoms with van der Waals surface area (Å²) in [7, 11) is 0. The highest BCUT2D eigenvalue weighted by molar-refractivity contribution is 6.13. The van der Waals surface area contributed by atoms with Gasteiger partial charge in [0.25, 0.3) is 0 Å². The van der Waals surface area contributed by atoms with Crippen molar-refractivity contribution in [1.82, 2.24) is 24.9 Å². The maximum atomic E-state index is 14.4. The number of hydrogen-bond donors (Lipinski definition) is 2. The summed E-state index contributed by atoms with van der Waals surface area (Å²) in [5.74, 6) is -2.25. The van der Waals surface area contributed by atoms with E-state index in [-0.39, 0.29) is 24.0 Å². The van der Waals surface area contributed by atoms with Gasteiger partial charge in [-0.3, -0.25) is 0 Å². The summed E-state index contributed by atoms with van der Waals surface area (Å²) in [5, 5.41) is 13.4. The van der Waals surface area contributed by atoms with Crippen molar-refractivity contribution in [1.29, 1.82) is 0 Å². The Morgan fingerprint density at radius 1 is 1.05 bits per heavy atom. The number of aliphatic hydroxyl groups excluding tert-OH is 1. The molecule has 0 saturated carbocycles. The lowest BCUT2D eigenvalue weighted by Crippen LogP contribution is -2.38. The molecule has 4 atom stereocenters. The van der Waals surface area contributed by atoms with E-state index in [1.54, 1.807) is 24.2 Å². The van der Waals surface area contributed by atoms with Crippen LogP contribution in [0.25, 0.3) is 0 Å². The van der Waals surface area contributed by atoms with Crippen LogP contribution in [0.3, 0.4) is 0 Å². The van der Waals surface area contributed by atoms with Crippen LogP contribution in [0.5, 0.6) is 5.75 Å². The molecule has 210 valence electrons. The van der Waals surface area contributed by atoms with Gasteiger partial charge in [-0.05, 0) is 56.0 Å². The lowest BCUT2D eigenvalue weighted by molar-refractivity contribution is 0.131. The van der Waals surface area contributed by atoms with Crippen molar-refractivity contribution in [3.8, 4) is 5.75 Å². The molecular weight excluding hydrogens is 539 g/mol. The molecule has 2 saturated heterocycles. The molecule has 3 aromatic rings. The third-order valence-electron chi connectivity index (χ3n) is 7.40. The minimum Gasteiger partial charge on any atom is -0.487 e. The van der Waals surface area contributed by atoms with Gasteiger partial charge >= 0.3 is 6.01 Å². The number of piperidine rings is 1. The Bertz CT molecular complexity index is 1270. The molecule has 2 fully saturated rings. The zero-order valence-electron chi connectivity index (χ0n) is 21.4. The number of rotatable bonds is 8. The summed E-state index contributed by atoms with van der Waals surface area (Å²) >= 11 is 5.89. The van der Waals surface area contributed by atoms with Crippen LogP contribution in [0.2, 0.25) is 0 Å². The second-order valence-electron chi connectivity index (χ2n) is 9.99. The molecule has 5 rings (SSSR count). The number of nitrogens with zero attached hydrogens (tertiary/aromatic N) is 6. The first-order chi connectivity index (χ1) is 18.7. The Labute approximate surface area is 228 Å². The lowest BCUT2D eigenvalue weighted by Gasteiger charge is -2.33. The average Bonchev–Trinajstić information content (AvgIpc) is 3.59. The number of nitrogens with one attached hydrogen (secondary N) is 1. The minimum atomic E-state index is -1.24. The normalized spacial score (nSPS) is 21.8. The summed E-state index contributed by atoms with van der Waals surface area (Å²) in [5.41, 5.74) is 0.0388. The lowest BCUT2D eigenvalue weighted by atomic mass is 9.92. The molecule has 0 radical (unpaired) electrons. The van der Waals surface area contributed by atoms with Gasteiger partial charge in [-0.1, -0.05) is 5.16 Å². The molecule has 0 bridgehead atoms. The van der Waals surface area contributed by atoms with Gasteiger partial charge in [0.05, 0.1) is 18.5 Å². The van der Waals surface area contributed by atoms with Gasteiger partial charge in [-0.15, -0.1) is 0 Å². The van der Waals surface area contributed by atoms with E-state index >= 15 is 0 Å². The molecule has 2 N–H and O–H groups in total. The first-order valence-corrected chi connectivity index (χ1v) is 13.1. The summed E-state index contributed by atoms with van der Waals surface area (Å²) in [4.78, 5) is 19.5. The Balaban J connectivity index is 1.17. The Morgan fingerprint density at radius 2 is 1.74 bits per heavy atom. The van der Waals surface area contributed by atoms with Gasteiger partial charge in [0.2, 0.25) is 11.8 Å². The highest BCUT2D eigenvalue weighted by Gasteiger charge is 2.37. The number of ether oxygens (including phenoxy) is 1. The molecule has 2 aliphatic heterocycles. The summed E-state index contributed by atoms with van der Waals surface area (Å²) < 4.78 is 53.0. The molecule has 0 amide bonds. The molecule has 4 heterocycles. The van der Waals surface area contributed by atoms with Crippen LogP contribution in [0.4, 0.5) is 25.1 Å². The quantitative estimate of drug-likeness (QED) is 0.308. The van der Waals surface area contributed by atoms with Crippen LogP contribution in [-0.4, -0.2) is 63.5 Å². The van der Waals surface area contributed by atoms with Crippen molar-refractivity contribution in [3.63, 3.8) is 0 Å². The van der Waals surface area contributed by atoms with Crippen LogP contribution in [-0.2, 0) is 0 Å². The molecule has 14 heteroatoms. The Morgan fingerprint density at radius 3 is 2.38 bits per heavy atom. The highest BCUT2D eigenvalue weighted by atomic mass is 35.5. The molecule has 10 nitrogen and oxygen atoms in total. The SMILES string of the molecule is C[C@H](Oc1cnc(N2C[C@H](NCl)[C@@H](c3cc(F)c(F)cc3F)C2)nc1)C1CCN(c2nc([C@@H](C)O)no2)CC1. The number of benzene rings is 1. The molecule has 2 aromatic heterocycles. The Kier molecular flexibility index (Phi) is 8.10. The molecule has 2 aliphatic rings. The predicted molar refractivity (Wildman–Crippen MR) is 136 cm³/mol. The van der Waals surface area contributed by atoms with Gasteiger partial charge in [-0.2, -0.15) is 4.98 Å². The third kappa shape index (κ3) is 5.89. The van der Waals surface area contributed by atoms with E-state index in [0.29, 0.717) is 36.2 Å². The monoisotopic (exact) mass is 567 g/mol. The number of halogens is 4. The fraction of sp³-hybridized carbons (Fsp3) is 0.520. The smallest absolute Gasteiger partial charge is 0.324 e. The largest absolute Gasteiger partial charge is 0.487 e. The van der Waals surface area contributed by atoms with Crippen molar-refractivity contribution in [3.05, 3.63) is 53.4 Å². The summed E-state index contributed by atoms with van der Waals surface area (Å²) in [6, 6.07) is 1.40. The van der Waals surface area contributed by atoms with E-state index in [2.05, 4.69) is 24.9 Å². The highest BCUT2D eigenvalue weighted by Crippen LogP contribution is 2.33.